The second-order valence-corrected chi connectivity index (χ2v) is 3.89. The lowest BCUT2D eigenvalue weighted by Crippen LogP contribution is -2.24. The Morgan fingerprint density at radius 1 is 1.40 bits per heavy atom. The number of benzene rings is 1. The number of rotatable bonds is 6. The van der Waals surface area contributed by atoms with Crippen molar-refractivity contribution in [3.63, 3.8) is 0 Å². The van der Waals surface area contributed by atoms with Gasteiger partial charge in [-0.3, -0.25) is 0 Å². The highest BCUT2D eigenvalue weighted by Crippen LogP contribution is 2.09. The molecule has 0 radical (unpaired) electrons. The summed E-state index contributed by atoms with van der Waals surface area (Å²) in [6.07, 6.45) is 0. The van der Waals surface area contributed by atoms with E-state index in [1.165, 1.54) is 5.56 Å². The van der Waals surface area contributed by atoms with Gasteiger partial charge in [0.15, 0.2) is 0 Å². The van der Waals surface area contributed by atoms with Crippen molar-refractivity contribution < 1.29 is 5.11 Å². The summed E-state index contributed by atoms with van der Waals surface area (Å²) < 4.78 is 0. The molecule has 2 N–H and O–H groups in total. The van der Waals surface area contributed by atoms with E-state index in [-0.39, 0.29) is 6.61 Å². The zero-order chi connectivity index (χ0) is 11.1. The lowest BCUT2D eigenvalue weighted by molar-refractivity contribution is 0.235. The lowest BCUT2D eigenvalue weighted by atomic mass is 10.1. The van der Waals surface area contributed by atoms with Crippen molar-refractivity contribution in [2.75, 3.05) is 19.7 Å². The highest BCUT2D eigenvalue weighted by atomic mass is 16.3. The van der Waals surface area contributed by atoms with Gasteiger partial charge in [0.05, 0.1) is 0 Å². The zero-order valence-corrected chi connectivity index (χ0v) is 9.24. The van der Waals surface area contributed by atoms with E-state index in [1.807, 2.05) is 25.1 Å². The van der Waals surface area contributed by atoms with Gasteiger partial charge in [0.2, 0.25) is 0 Å². The zero-order valence-electron chi connectivity index (χ0n) is 9.24. The van der Waals surface area contributed by atoms with E-state index in [0.29, 0.717) is 5.92 Å². The first-order chi connectivity index (χ1) is 7.24. The molecule has 0 bridgehead atoms. The summed E-state index contributed by atoms with van der Waals surface area (Å²) in [6, 6.07) is 10.1. The molecule has 2 nitrogen and oxygen atoms in total. The van der Waals surface area contributed by atoms with Crippen LogP contribution in [0.4, 0.5) is 0 Å². The highest BCUT2D eigenvalue weighted by molar-refractivity contribution is 5.64. The molecule has 1 aromatic rings. The van der Waals surface area contributed by atoms with E-state index in [1.54, 1.807) is 0 Å². The fraction of sp³-hybridized carbons (Fsp3) is 0.385. The van der Waals surface area contributed by atoms with Gasteiger partial charge < -0.3 is 10.4 Å². The maximum absolute atomic E-state index is 8.85. The van der Waals surface area contributed by atoms with Crippen LogP contribution in [0, 0.1) is 5.92 Å². The van der Waals surface area contributed by atoms with Crippen molar-refractivity contribution >= 4 is 5.57 Å². The molecule has 0 aliphatic rings. The summed E-state index contributed by atoms with van der Waals surface area (Å²) in [7, 11) is 0. The standard InChI is InChI=1S/C13H19NO/c1-11(10-15)8-14-9-12(2)13-6-4-3-5-7-13/h3-7,11,14-15H,2,8-10H2,1H3. The third kappa shape index (κ3) is 4.28. The van der Waals surface area contributed by atoms with Crippen LogP contribution < -0.4 is 5.32 Å². The van der Waals surface area contributed by atoms with Crippen LogP contribution in [0.5, 0.6) is 0 Å². The minimum absolute atomic E-state index is 0.227. The van der Waals surface area contributed by atoms with Crippen LogP contribution in [0.1, 0.15) is 12.5 Å². The molecule has 0 heterocycles. The van der Waals surface area contributed by atoms with Crippen LogP contribution in [-0.2, 0) is 0 Å². The van der Waals surface area contributed by atoms with E-state index in [0.717, 1.165) is 18.7 Å². The fourth-order valence-electron chi connectivity index (χ4n) is 1.31. The van der Waals surface area contributed by atoms with Crippen LogP contribution >= 0.6 is 0 Å². The Bertz CT molecular complexity index is 295. The van der Waals surface area contributed by atoms with Crippen LogP contribution in [-0.4, -0.2) is 24.8 Å². The SMILES string of the molecule is C=C(CNCC(C)CO)c1ccccc1. The van der Waals surface area contributed by atoms with E-state index < -0.39 is 0 Å². The Hall–Kier alpha value is -1.12. The molecular weight excluding hydrogens is 186 g/mol. The molecule has 0 aromatic heterocycles. The van der Waals surface area contributed by atoms with Gasteiger partial charge in [-0.15, -0.1) is 0 Å². The lowest BCUT2D eigenvalue weighted by Gasteiger charge is -2.11. The van der Waals surface area contributed by atoms with Crippen molar-refractivity contribution in [2.24, 2.45) is 5.92 Å². The maximum atomic E-state index is 8.85. The summed E-state index contributed by atoms with van der Waals surface area (Å²) >= 11 is 0. The van der Waals surface area contributed by atoms with Crippen LogP contribution in [0.3, 0.4) is 0 Å². The maximum Gasteiger partial charge on any atom is 0.0468 e. The highest BCUT2D eigenvalue weighted by Gasteiger charge is 2.00. The molecule has 1 rings (SSSR count). The predicted molar refractivity (Wildman–Crippen MR) is 64.6 cm³/mol. The van der Waals surface area contributed by atoms with Gasteiger partial charge in [-0.1, -0.05) is 43.8 Å². The summed E-state index contributed by atoms with van der Waals surface area (Å²) in [6.45, 7) is 7.86. The number of hydrogen-bond donors (Lipinski definition) is 2. The minimum atomic E-state index is 0.227. The second-order valence-electron chi connectivity index (χ2n) is 3.89. The van der Waals surface area contributed by atoms with Crippen LogP contribution in [0.2, 0.25) is 0 Å². The number of aliphatic hydroxyl groups excluding tert-OH is 1. The molecule has 0 fully saturated rings. The Kier molecular flexibility index (Phi) is 5.08. The second kappa shape index (κ2) is 6.38. The van der Waals surface area contributed by atoms with E-state index in [4.69, 9.17) is 5.11 Å². The first-order valence-electron chi connectivity index (χ1n) is 5.28. The Morgan fingerprint density at radius 2 is 2.07 bits per heavy atom. The molecular formula is C13H19NO. The van der Waals surface area contributed by atoms with E-state index in [9.17, 15) is 0 Å². The van der Waals surface area contributed by atoms with Gasteiger partial charge in [-0.05, 0) is 17.1 Å². The van der Waals surface area contributed by atoms with Crippen molar-refractivity contribution in [3.05, 3.63) is 42.5 Å². The minimum Gasteiger partial charge on any atom is -0.396 e. The Labute approximate surface area is 91.6 Å². The smallest absolute Gasteiger partial charge is 0.0468 e. The molecule has 0 aliphatic carbocycles. The average molecular weight is 205 g/mol. The first-order valence-corrected chi connectivity index (χ1v) is 5.28. The fourth-order valence-corrected chi connectivity index (χ4v) is 1.31. The van der Waals surface area contributed by atoms with Crippen molar-refractivity contribution in [1.29, 1.82) is 0 Å². The number of nitrogens with one attached hydrogen (secondary N) is 1. The van der Waals surface area contributed by atoms with Crippen molar-refractivity contribution in [3.8, 4) is 0 Å². The average Bonchev–Trinajstić information content (AvgIpc) is 2.29. The summed E-state index contributed by atoms with van der Waals surface area (Å²) in [5.74, 6) is 0.300. The first kappa shape index (κ1) is 12.0. The van der Waals surface area contributed by atoms with Gasteiger partial charge in [0, 0.05) is 19.7 Å². The molecule has 0 aliphatic heterocycles. The molecule has 0 spiro atoms. The summed E-state index contributed by atoms with van der Waals surface area (Å²) in [5, 5.41) is 12.1. The summed E-state index contributed by atoms with van der Waals surface area (Å²) in [5.41, 5.74) is 2.25. The molecule has 82 valence electrons. The molecule has 1 atom stereocenters. The monoisotopic (exact) mass is 205 g/mol. The van der Waals surface area contributed by atoms with E-state index >= 15 is 0 Å². The molecule has 0 saturated carbocycles. The molecule has 1 aromatic carbocycles. The van der Waals surface area contributed by atoms with E-state index in [2.05, 4.69) is 24.0 Å². The van der Waals surface area contributed by atoms with Crippen LogP contribution in [0.25, 0.3) is 5.57 Å². The van der Waals surface area contributed by atoms with Crippen LogP contribution in [0.15, 0.2) is 36.9 Å². The number of aliphatic hydroxyl groups is 1. The normalized spacial score (nSPS) is 12.4. The summed E-state index contributed by atoms with van der Waals surface area (Å²) in [4.78, 5) is 0. The number of hydrogen-bond acceptors (Lipinski definition) is 2. The topological polar surface area (TPSA) is 32.3 Å². The molecule has 0 amide bonds. The van der Waals surface area contributed by atoms with Crippen molar-refractivity contribution in [1.82, 2.24) is 5.32 Å². The van der Waals surface area contributed by atoms with Crippen molar-refractivity contribution in [2.45, 2.75) is 6.92 Å². The van der Waals surface area contributed by atoms with Gasteiger partial charge in [-0.25, -0.2) is 0 Å². The van der Waals surface area contributed by atoms with Gasteiger partial charge in [0.25, 0.3) is 0 Å². The Morgan fingerprint density at radius 3 is 2.67 bits per heavy atom. The molecule has 0 saturated heterocycles. The molecule has 15 heavy (non-hydrogen) atoms. The predicted octanol–water partition coefficient (Wildman–Crippen LogP) is 1.92. The quantitative estimate of drug-likeness (QED) is 0.743. The van der Waals surface area contributed by atoms with Gasteiger partial charge in [0.1, 0.15) is 0 Å². The van der Waals surface area contributed by atoms with Gasteiger partial charge in [-0.2, -0.15) is 0 Å². The molecule has 2 heteroatoms. The Balaban J connectivity index is 2.31. The third-order valence-electron chi connectivity index (χ3n) is 2.32. The third-order valence-corrected chi connectivity index (χ3v) is 2.32. The molecule has 1 unspecified atom stereocenters. The van der Waals surface area contributed by atoms with Gasteiger partial charge >= 0.3 is 0 Å². The largest absolute Gasteiger partial charge is 0.396 e.